The van der Waals surface area contributed by atoms with Crippen LogP contribution in [0.2, 0.25) is 5.02 Å². The molecule has 0 aliphatic carbocycles. The van der Waals surface area contributed by atoms with Crippen molar-refractivity contribution in [2.45, 2.75) is 6.18 Å². The maximum absolute atomic E-state index is 12.6. The van der Waals surface area contributed by atoms with E-state index in [1.165, 1.54) is 0 Å². The molecule has 1 N–H and O–H groups in total. The largest absolute Gasteiger partial charge is 0.491 e. The van der Waals surface area contributed by atoms with Gasteiger partial charge in [-0.1, -0.05) is 23.7 Å². The molecule has 1 saturated heterocycles. The maximum Gasteiger partial charge on any atom is 0.434 e. The number of hydrogen-bond donors (Lipinski definition) is 1. The van der Waals surface area contributed by atoms with Crippen molar-refractivity contribution in [3.63, 3.8) is 0 Å². The van der Waals surface area contributed by atoms with Crippen molar-refractivity contribution in [2.75, 3.05) is 44.6 Å². The number of rotatable bonds is 5. The summed E-state index contributed by atoms with van der Waals surface area (Å²) in [5.41, 5.74) is -1.00. The van der Waals surface area contributed by atoms with Gasteiger partial charge in [-0.25, -0.2) is 9.78 Å². The van der Waals surface area contributed by atoms with Gasteiger partial charge in [-0.15, -0.1) is 11.3 Å². The van der Waals surface area contributed by atoms with Crippen molar-refractivity contribution >= 4 is 34.1 Å². The molecular weight excluding hydrogens is 417 g/mol. The van der Waals surface area contributed by atoms with Crippen LogP contribution in [0.4, 0.5) is 23.1 Å². The van der Waals surface area contributed by atoms with Crippen LogP contribution in [-0.2, 0) is 6.18 Å². The van der Waals surface area contributed by atoms with E-state index in [1.54, 1.807) is 17.0 Å². The zero-order valence-electron chi connectivity index (χ0n) is 14.7. The number of nitrogens with zero attached hydrogens (tertiary/aromatic N) is 3. The van der Waals surface area contributed by atoms with Crippen LogP contribution >= 0.6 is 22.9 Å². The van der Waals surface area contributed by atoms with Crippen LogP contribution in [0, 0.1) is 0 Å². The quantitative estimate of drug-likeness (QED) is 0.771. The monoisotopic (exact) mass is 434 g/mol. The molecule has 1 aromatic heterocycles. The number of carbonyl (C=O) groups excluding carboxylic acids is 1. The number of anilines is 1. The summed E-state index contributed by atoms with van der Waals surface area (Å²) in [5, 5.41) is 3.80. The Kier molecular flexibility index (Phi) is 6.63. The van der Waals surface area contributed by atoms with Crippen LogP contribution in [0.25, 0.3) is 0 Å². The second kappa shape index (κ2) is 8.97. The third kappa shape index (κ3) is 5.49. The summed E-state index contributed by atoms with van der Waals surface area (Å²) in [7, 11) is 0. The maximum atomic E-state index is 12.6. The van der Waals surface area contributed by atoms with E-state index in [9.17, 15) is 18.0 Å². The van der Waals surface area contributed by atoms with Crippen molar-refractivity contribution in [3.05, 3.63) is 40.4 Å². The molecule has 0 bridgehead atoms. The molecular formula is C17H18ClF3N4O2S. The first-order valence-corrected chi connectivity index (χ1v) is 9.77. The lowest BCUT2D eigenvalue weighted by atomic mass is 10.3. The summed E-state index contributed by atoms with van der Waals surface area (Å²) in [6.07, 6.45) is -4.52. The average Bonchev–Trinajstić information content (AvgIpc) is 3.13. The Labute approximate surface area is 168 Å². The SMILES string of the molecule is O=C(Nc1nc(C(F)(F)F)cs1)N1CCN(CCOc2ccccc2Cl)CC1. The lowest BCUT2D eigenvalue weighted by Crippen LogP contribution is -2.50. The smallest absolute Gasteiger partial charge is 0.434 e. The third-order valence-electron chi connectivity index (χ3n) is 4.17. The van der Waals surface area contributed by atoms with Gasteiger partial charge in [0.25, 0.3) is 0 Å². The number of para-hydroxylation sites is 1. The molecule has 1 fully saturated rings. The molecule has 0 saturated carbocycles. The molecule has 0 radical (unpaired) electrons. The van der Waals surface area contributed by atoms with Gasteiger partial charge in [0.1, 0.15) is 12.4 Å². The number of piperazine rings is 1. The highest BCUT2D eigenvalue weighted by Crippen LogP contribution is 2.31. The van der Waals surface area contributed by atoms with Gasteiger partial charge < -0.3 is 9.64 Å². The second-order valence-corrected chi connectivity index (χ2v) is 7.34. The number of thiazole rings is 1. The van der Waals surface area contributed by atoms with Crippen molar-refractivity contribution in [2.24, 2.45) is 0 Å². The molecule has 2 heterocycles. The number of urea groups is 1. The number of carbonyl (C=O) groups is 1. The number of benzene rings is 1. The molecule has 0 atom stereocenters. The van der Waals surface area contributed by atoms with Crippen molar-refractivity contribution < 1.29 is 22.7 Å². The topological polar surface area (TPSA) is 57.7 Å². The van der Waals surface area contributed by atoms with Gasteiger partial charge in [-0.05, 0) is 12.1 Å². The van der Waals surface area contributed by atoms with Gasteiger partial charge in [0.05, 0.1) is 5.02 Å². The Balaban J connectivity index is 1.40. The van der Waals surface area contributed by atoms with Crippen LogP contribution in [0.3, 0.4) is 0 Å². The molecule has 6 nitrogen and oxygen atoms in total. The van der Waals surface area contributed by atoms with Crippen LogP contribution in [0.5, 0.6) is 5.75 Å². The van der Waals surface area contributed by atoms with E-state index in [1.807, 2.05) is 12.1 Å². The Bertz CT molecular complexity index is 810. The van der Waals surface area contributed by atoms with Crippen LogP contribution in [0.15, 0.2) is 29.6 Å². The van der Waals surface area contributed by atoms with Gasteiger partial charge in [0.15, 0.2) is 10.8 Å². The third-order valence-corrected chi connectivity index (χ3v) is 5.24. The van der Waals surface area contributed by atoms with Gasteiger partial charge in [-0.3, -0.25) is 10.2 Å². The fourth-order valence-electron chi connectivity index (χ4n) is 2.65. The van der Waals surface area contributed by atoms with E-state index >= 15 is 0 Å². The standard InChI is InChI=1S/C17H18ClF3N4O2S/c18-12-3-1-2-4-13(12)27-10-9-24-5-7-25(8-6-24)16(26)23-15-22-14(11-28-15)17(19,20)21/h1-4,11H,5-10H2,(H,22,23,26). The average molecular weight is 435 g/mol. The Hall–Kier alpha value is -2.04. The van der Waals surface area contributed by atoms with Gasteiger partial charge in [0.2, 0.25) is 0 Å². The predicted octanol–water partition coefficient (Wildman–Crippen LogP) is 4.04. The molecule has 2 aromatic rings. The normalized spacial score (nSPS) is 15.5. The van der Waals surface area contributed by atoms with Gasteiger partial charge >= 0.3 is 12.2 Å². The molecule has 0 spiro atoms. The first-order chi connectivity index (χ1) is 13.3. The molecule has 3 rings (SSSR count). The van der Waals surface area contributed by atoms with Crippen molar-refractivity contribution in [3.8, 4) is 5.75 Å². The first-order valence-electron chi connectivity index (χ1n) is 8.51. The Morgan fingerprint density at radius 2 is 1.96 bits per heavy atom. The molecule has 28 heavy (non-hydrogen) atoms. The number of halogens is 4. The van der Waals surface area contributed by atoms with Crippen molar-refractivity contribution in [1.29, 1.82) is 0 Å². The zero-order chi connectivity index (χ0) is 20.1. The van der Waals surface area contributed by atoms with E-state index in [-0.39, 0.29) is 5.13 Å². The minimum absolute atomic E-state index is 0.0621. The lowest BCUT2D eigenvalue weighted by Gasteiger charge is -2.34. The molecule has 152 valence electrons. The van der Waals surface area contributed by atoms with E-state index in [0.717, 1.165) is 16.7 Å². The number of alkyl halides is 3. The second-order valence-electron chi connectivity index (χ2n) is 6.07. The molecule has 0 unspecified atom stereocenters. The summed E-state index contributed by atoms with van der Waals surface area (Å²) in [5.74, 6) is 0.629. The van der Waals surface area contributed by atoms with Gasteiger partial charge in [0, 0.05) is 38.1 Å². The Morgan fingerprint density at radius 3 is 2.61 bits per heavy atom. The molecule has 1 aliphatic rings. The number of amides is 2. The summed E-state index contributed by atoms with van der Waals surface area (Å²) in [6.45, 7) is 3.37. The summed E-state index contributed by atoms with van der Waals surface area (Å²) in [6, 6.07) is 6.78. The molecule has 11 heteroatoms. The van der Waals surface area contributed by atoms with E-state index in [4.69, 9.17) is 16.3 Å². The summed E-state index contributed by atoms with van der Waals surface area (Å²) in [4.78, 5) is 19.3. The first kappa shape index (κ1) is 20.7. The molecule has 2 amide bonds. The van der Waals surface area contributed by atoms with Crippen LogP contribution in [0.1, 0.15) is 5.69 Å². The Morgan fingerprint density at radius 1 is 1.25 bits per heavy atom. The predicted molar refractivity (Wildman–Crippen MR) is 101 cm³/mol. The lowest BCUT2D eigenvalue weighted by molar-refractivity contribution is -0.140. The minimum Gasteiger partial charge on any atom is -0.491 e. The summed E-state index contributed by atoms with van der Waals surface area (Å²) >= 11 is 6.79. The number of nitrogens with one attached hydrogen (secondary N) is 1. The van der Waals surface area contributed by atoms with Crippen LogP contribution in [-0.4, -0.2) is 60.1 Å². The van der Waals surface area contributed by atoms with E-state index < -0.39 is 17.9 Å². The number of aromatic nitrogens is 1. The van der Waals surface area contributed by atoms with Gasteiger partial charge in [-0.2, -0.15) is 13.2 Å². The van der Waals surface area contributed by atoms with E-state index in [2.05, 4.69) is 15.2 Å². The van der Waals surface area contributed by atoms with Crippen LogP contribution < -0.4 is 10.1 Å². The highest BCUT2D eigenvalue weighted by Gasteiger charge is 2.34. The van der Waals surface area contributed by atoms with E-state index in [0.29, 0.717) is 50.1 Å². The summed E-state index contributed by atoms with van der Waals surface area (Å²) < 4.78 is 43.4. The molecule has 1 aromatic carbocycles. The van der Waals surface area contributed by atoms with Crippen molar-refractivity contribution in [1.82, 2.24) is 14.8 Å². The highest BCUT2D eigenvalue weighted by molar-refractivity contribution is 7.13. The number of hydrogen-bond acceptors (Lipinski definition) is 5. The zero-order valence-corrected chi connectivity index (χ0v) is 16.3. The fraction of sp³-hybridized carbons (Fsp3) is 0.412. The highest BCUT2D eigenvalue weighted by atomic mass is 35.5. The minimum atomic E-state index is -4.52. The molecule has 1 aliphatic heterocycles. The fourth-order valence-corrected chi connectivity index (χ4v) is 3.55. The number of ether oxygens (including phenoxy) is 1.